The van der Waals surface area contributed by atoms with Gasteiger partial charge in [0, 0.05) is 12.4 Å². The maximum absolute atomic E-state index is 12.0. The van der Waals surface area contributed by atoms with E-state index in [4.69, 9.17) is 0 Å². The summed E-state index contributed by atoms with van der Waals surface area (Å²) in [7, 11) is 0. The Kier molecular flexibility index (Phi) is 3.30. The van der Waals surface area contributed by atoms with Crippen LogP contribution < -0.4 is 11.0 Å². The topological polar surface area (TPSA) is 92.4 Å². The van der Waals surface area contributed by atoms with Gasteiger partial charge in [0.25, 0.3) is 11.5 Å². The number of aromatic nitrogens is 3. The number of hydrogen-bond donors (Lipinski definition) is 2. The lowest BCUT2D eigenvalue weighted by Gasteiger charge is -2.05. The van der Waals surface area contributed by atoms with Crippen molar-refractivity contribution >= 4 is 23.1 Å². The van der Waals surface area contributed by atoms with E-state index in [-0.39, 0.29) is 5.95 Å². The molecule has 0 atom stereocenters. The average molecular weight is 281 g/mol. The minimum absolute atomic E-state index is 0.0518. The van der Waals surface area contributed by atoms with Crippen molar-refractivity contribution in [3.05, 3.63) is 64.7 Å². The highest BCUT2D eigenvalue weighted by Gasteiger charge is 2.08. The fourth-order valence-corrected chi connectivity index (χ4v) is 1.81. The van der Waals surface area contributed by atoms with Crippen LogP contribution in [-0.2, 0) is 0 Å². The largest absolute Gasteiger partial charge is 0.422 e. The average Bonchev–Trinajstić information content (AvgIpc) is 2.53. The van der Waals surface area contributed by atoms with Gasteiger partial charge in [-0.25, -0.2) is 10.4 Å². The van der Waals surface area contributed by atoms with Crippen LogP contribution in [0.15, 0.2) is 58.7 Å². The molecule has 104 valence electrons. The Labute approximate surface area is 119 Å². The van der Waals surface area contributed by atoms with Gasteiger partial charge < -0.3 is 5.21 Å². The number of nitrogens with one attached hydrogen (secondary N) is 1. The Morgan fingerprint density at radius 1 is 1.19 bits per heavy atom. The fraction of sp³-hybridized carbons (Fsp3) is 0. The van der Waals surface area contributed by atoms with Crippen molar-refractivity contribution < 1.29 is 5.21 Å². The number of para-hydroxylation sites is 1. The molecular formula is C14H11N5O2. The molecule has 2 heterocycles. The van der Waals surface area contributed by atoms with Crippen LogP contribution in [0.25, 0.3) is 10.9 Å². The van der Waals surface area contributed by atoms with Gasteiger partial charge in [0.15, 0.2) is 0 Å². The van der Waals surface area contributed by atoms with Crippen LogP contribution in [0.5, 0.6) is 0 Å². The van der Waals surface area contributed by atoms with Crippen molar-refractivity contribution in [3.8, 4) is 0 Å². The van der Waals surface area contributed by atoms with E-state index in [2.05, 4.69) is 20.5 Å². The molecule has 0 saturated carbocycles. The summed E-state index contributed by atoms with van der Waals surface area (Å²) in [4.78, 5) is 20.0. The number of hydrogen-bond acceptors (Lipinski definition) is 6. The normalized spacial score (nSPS) is 11.0. The van der Waals surface area contributed by atoms with E-state index in [0.29, 0.717) is 15.6 Å². The lowest BCUT2D eigenvalue weighted by Crippen LogP contribution is -2.22. The summed E-state index contributed by atoms with van der Waals surface area (Å²) in [6.07, 6.45) is 4.80. The monoisotopic (exact) mass is 281 g/mol. The van der Waals surface area contributed by atoms with Crippen LogP contribution in [0.4, 0.5) is 5.95 Å². The summed E-state index contributed by atoms with van der Waals surface area (Å²) in [6.45, 7) is 0. The molecule has 0 amide bonds. The van der Waals surface area contributed by atoms with Crippen molar-refractivity contribution in [1.29, 1.82) is 0 Å². The first-order valence-corrected chi connectivity index (χ1v) is 6.16. The number of rotatable bonds is 3. The molecule has 0 bridgehead atoms. The number of benzene rings is 1. The zero-order valence-electron chi connectivity index (χ0n) is 10.8. The van der Waals surface area contributed by atoms with Gasteiger partial charge in [-0.2, -0.15) is 5.10 Å². The standard InChI is InChI=1S/C14H11N5O2/c20-13-11-3-1-2-4-12(11)17-14(19(13)21)18-16-9-10-5-7-15-8-6-10/h1-9,21H,(H,17,18)/b16-9+. The van der Waals surface area contributed by atoms with Gasteiger partial charge in [-0.1, -0.05) is 12.1 Å². The highest BCUT2D eigenvalue weighted by atomic mass is 16.5. The molecule has 3 rings (SSSR count). The quantitative estimate of drug-likeness (QED) is 0.431. The molecule has 0 aliphatic carbocycles. The van der Waals surface area contributed by atoms with Crippen molar-refractivity contribution in [2.75, 3.05) is 5.43 Å². The van der Waals surface area contributed by atoms with E-state index in [1.807, 2.05) is 0 Å². The van der Waals surface area contributed by atoms with Crippen LogP contribution in [0.1, 0.15) is 5.56 Å². The second kappa shape index (κ2) is 5.41. The van der Waals surface area contributed by atoms with Gasteiger partial charge >= 0.3 is 0 Å². The van der Waals surface area contributed by atoms with Crippen LogP contribution in [-0.4, -0.2) is 26.1 Å². The molecule has 0 radical (unpaired) electrons. The van der Waals surface area contributed by atoms with Crippen LogP contribution in [0.2, 0.25) is 0 Å². The molecule has 0 saturated heterocycles. The van der Waals surface area contributed by atoms with E-state index >= 15 is 0 Å². The van der Waals surface area contributed by atoms with Crippen molar-refractivity contribution in [1.82, 2.24) is 14.7 Å². The molecule has 7 heteroatoms. The lowest BCUT2D eigenvalue weighted by molar-refractivity contribution is 0.179. The van der Waals surface area contributed by atoms with Crippen LogP contribution >= 0.6 is 0 Å². The van der Waals surface area contributed by atoms with Crippen molar-refractivity contribution in [2.24, 2.45) is 5.10 Å². The summed E-state index contributed by atoms with van der Waals surface area (Å²) < 4.78 is 0.437. The molecule has 0 fully saturated rings. The maximum atomic E-state index is 12.0. The molecule has 7 nitrogen and oxygen atoms in total. The fourth-order valence-electron chi connectivity index (χ4n) is 1.81. The maximum Gasteiger partial charge on any atom is 0.295 e. The van der Waals surface area contributed by atoms with Gasteiger partial charge in [0.1, 0.15) is 0 Å². The third kappa shape index (κ3) is 2.57. The molecule has 2 aromatic heterocycles. The predicted octanol–water partition coefficient (Wildman–Crippen LogP) is 1.47. The zero-order chi connectivity index (χ0) is 14.7. The summed E-state index contributed by atoms with van der Waals surface area (Å²) in [5.74, 6) is -0.0518. The van der Waals surface area contributed by atoms with Gasteiger partial charge in [-0.05, 0) is 29.8 Å². The first-order chi connectivity index (χ1) is 10.3. The summed E-state index contributed by atoms with van der Waals surface area (Å²) in [5, 5.41) is 14.1. The van der Waals surface area contributed by atoms with E-state index in [1.54, 1.807) is 48.8 Å². The van der Waals surface area contributed by atoms with Gasteiger partial charge in [0.2, 0.25) is 0 Å². The number of nitrogens with zero attached hydrogens (tertiary/aromatic N) is 4. The number of anilines is 1. The number of hydrazone groups is 1. The SMILES string of the molecule is O=c1c2ccccc2nc(N/N=C/c2ccncc2)n1O. The van der Waals surface area contributed by atoms with Crippen LogP contribution in [0, 0.1) is 0 Å². The van der Waals surface area contributed by atoms with E-state index in [1.165, 1.54) is 6.21 Å². The molecule has 0 unspecified atom stereocenters. The predicted molar refractivity (Wildman–Crippen MR) is 78.6 cm³/mol. The highest BCUT2D eigenvalue weighted by Crippen LogP contribution is 2.09. The van der Waals surface area contributed by atoms with E-state index in [0.717, 1.165) is 5.56 Å². The Balaban J connectivity index is 1.93. The van der Waals surface area contributed by atoms with Crippen LogP contribution in [0.3, 0.4) is 0 Å². The minimum atomic E-state index is -0.554. The second-order valence-corrected chi connectivity index (χ2v) is 4.22. The molecule has 0 spiro atoms. The first kappa shape index (κ1) is 12.8. The molecule has 21 heavy (non-hydrogen) atoms. The number of fused-ring (bicyclic) bond motifs is 1. The Morgan fingerprint density at radius 2 is 1.95 bits per heavy atom. The zero-order valence-corrected chi connectivity index (χ0v) is 10.8. The Bertz CT molecular complexity index is 858. The second-order valence-electron chi connectivity index (χ2n) is 4.22. The lowest BCUT2D eigenvalue weighted by atomic mass is 10.2. The smallest absolute Gasteiger partial charge is 0.295 e. The summed E-state index contributed by atoms with van der Waals surface area (Å²) in [5.41, 5.74) is 3.30. The molecule has 1 aromatic carbocycles. The highest BCUT2D eigenvalue weighted by molar-refractivity contribution is 5.80. The molecule has 0 aliphatic rings. The third-order valence-corrected chi connectivity index (χ3v) is 2.84. The van der Waals surface area contributed by atoms with Gasteiger partial charge in [0.05, 0.1) is 17.1 Å². The molecular weight excluding hydrogens is 270 g/mol. The summed E-state index contributed by atoms with van der Waals surface area (Å²) >= 11 is 0. The Morgan fingerprint density at radius 3 is 2.76 bits per heavy atom. The first-order valence-electron chi connectivity index (χ1n) is 6.16. The molecule has 2 N–H and O–H groups in total. The van der Waals surface area contributed by atoms with Gasteiger partial charge in [-0.15, -0.1) is 4.73 Å². The van der Waals surface area contributed by atoms with Crippen molar-refractivity contribution in [2.45, 2.75) is 0 Å². The number of pyridine rings is 1. The van der Waals surface area contributed by atoms with Crippen molar-refractivity contribution in [3.63, 3.8) is 0 Å². The molecule has 3 aromatic rings. The minimum Gasteiger partial charge on any atom is -0.422 e. The van der Waals surface area contributed by atoms with E-state index < -0.39 is 5.56 Å². The Hall–Kier alpha value is -3.22. The van der Waals surface area contributed by atoms with E-state index in [9.17, 15) is 10.0 Å². The molecule has 0 aliphatic heterocycles. The van der Waals surface area contributed by atoms with Gasteiger partial charge in [-0.3, -0.25) is 9.78 Å². The third-order valence-electron chi connectivity index (χ3n) is 2.84. The summed E-state index contributed by atoms with van der Waals surface area (Å²) in [6, 6.07) is 10.3.